The molecule has 4 rings (SSSR count). The van der Waals surface area contributed by atoms with Crippen LogP contribution in [0.5, 0.6) is 0 Å². The number of thiazole rings is 2. The van der Waals surface area contributed by atoms with Gasteiger partial charge in [-0.1, -0.05) is 36.4 Å². The third-order valence-electron chi connectivity index (χ3n) is 3.60. The average Bonchev–Trinajstić information content (AvgIpc) is 3.16. The monoisotopic (exact) mass is 322 g/mol. The summed E-state index contributed by atoms with van der Waals surface area (Å²) >= 11 is 3.40. The summed E-state index contributed by atoms with van der Waals surface area (Å²) in [6, 6.07) is 14.9. The topological polar surface area (TPSA) is 25.8 Å². The van der Waals surface area contributed by atoms with Crippen LogP contribution in [-0.4, -0.2) is 9.97 Å². The predicted molar refractivity (Wildman–Crippen MR) is 94.7 cm³/mol. The molecular weight excluding hydrogens is 308 g/mol. The summed E-state index contributed by atoms with van der Waals surface area (Å²) in [5.74, 6) is 0. The molecule has 22 heavy (non-hydrogen) atoms. The van der Waals surface area contributed by atoms with Gasteiger partial charge in [0.15, 0.2) is 0 Å². The van der Waals surface area contributed by atoms with E-state index in [9.17, 15) is 0 Å². The molecule has 0 unspecified atom stereocenters. The Balaban J connectivity index is 1.64. The van der Waals surface area contributed by atoms with Crippen LogP contribution in [0, 0.1) is 6.92 Å². The Bertz CT molecular complexity index is 937. The Morgan fingerprint density at radius 1 is 0.909 bits per heavy atom. The summed E-state index contributed by atoms with van der Waals surface area (Å²) in [5.41, 5.74) is 3.34. The van der Waals surface area contributed by atoms with Gasteiger partial charge in [0.25, 0.3) is 0 Å². The van der Waals surface area contributed by atoms with Crippen LogP contribution in [0.1, 0.15) is 15.7 Å². The molecule has 2 nitrogen and oxygen atoms in total. The molecule has 0 aliphatic heterocycles. The number of nitrogens with zero attached hydrogens (tertiary/aromatic N) is 2. The van der Waals surface area contributed by atoms with E-state index in [1.807, 2.05) is 6.92 Å². The maximum Gasteiger partial charge on any atom is 0.0992 e. The Labute approximate surface area is 137 Å². The van der Waals surface area contributed by atoms with Gasteiger partial charge in [-0.3, -0.25) is 0 Å². The maximum absolute atomic E-state index is 4.77. The SMILES string of the molecule is Cc1nc(Cc2nc(-c3ccc4ccccc4c3)cs2)cs1. The van der Waals surface area contributed by atoms with Crippen LogP contribution in [0.3, 0.4) is 0 Å². The summed E-state index contributed by atoms with van der Waals surface area (Å²) in [7, 11) is 0. The summed E-state index contributed by atoms with van der Waals surface area (Å²) in [6.45, 7) is 2.04. The number of aromatic nitrogens is 2. The van der Waals surface area contributed by atoms with E-state index in [1.54, 1.807) is 22.7 Å². The minimum Gasteiger partial charge on any atom is -0.246 e. The zero-order valence-electron chi connectivity index (χ0n) is 12.1. The molecular formula is C18H14N2S2. The molecule has 0 atom stereocenters. The molecule has 0 saturated carbocycles. The Morgan fingerprint density at radius 2 is 1.77 bits per heavy atom. The van der Waals surface area contributed by atoms with Crippen molar-refractivity contribution >= 4 is 33.4 Å². The summed E-state index contributed by atoms with van der Waals surface area (Å²) in [4.78, 5) is 9.29. The first-order chi connectivity index (χ1) is 10.8. The van der Waals surface area contributed by atoms with Crippen LogP contribution in [-0.2, 0) is 6.42 Å². The third-order valence-corrected chi connectivity index (χ3v) is 5.27. The van der Waals surface area contributed by atoms with Gasteiger partial charge in [-0.2, -0.15) is 0 Å². The van der Waals surface area contributed by atoms with E-state index in [0.717, 1.165) is 27.8 Å². The number of aryl methyl sites for hydroxylation is 1. The van der Waals surface area contributed by atoms with E-state index in [-0.39, 0.29) is 0 Å². The predicted octanol–water partition coefficient (Wildman–Crippen LogP) is 5.32. The highest BCUT2D eigenvalue weighted by Crippen LogP contribution is 2.26. The quantitative estimate of drug-likeness (QED) is 0.510. The number of hydrogen-bond acceptors (Lipinski definition) is 4. The lowest BCUT2D eigenvalue weighted by Crippen LogP contribution is -1.88. The fourth-order valence-electron chi connectivity index (χ4n) is 2.52. The molecule has 0 spiro atoms. The molecule has 0 aliphatic carbocycles. The van der Waals surface area contributed by atoms with E-state index >= 15 is 0 Å². The second-order valence-corrected chi connectivity index (χ2v) is 7.23. The maximum atomic E-state index is 4.77. The molecule has 0 aliphatic rings. The lowest BCUT2D eigenvalue weighted by atomic mass is 10.1. The number of rotatable bonds is 3. The lowest BCUT2D eigenvalue weighted by Gasteiger charge is -2.00. The molecule has 2 aromatic heterocycles. The van der Waals surface area contributed by atoms with Crippen molar-refractivity contribution in [2.75, 3.05) is 0 Å². The average molecular weight is 322 g/mol. The van der Waals surface area contributed by atoms with Crippen LogP contribution >= 0.6 is 22.7 Å². The van der Waals surface area contributed by atoms with Gasteiger partial charge in [0, 0.05) is 22.7 Å². The van der Waals surface area contributed by atoms with Crippen LogP contribution in [0.25, 0.3) is 22.0 Å². The molecule has 2 aromatic carbocycles. The van der Waals surface area contributed by atoms with Gasteiger partial charge in [-0.15, -0.1) is 22.7 Å². The molecule has 0 bridgehead atoms. The van der Waals surface area contributed by atoms with Gasteiger partial charge >= 0.3 is 0 Å². The standard InChI is InChI=1S/C18H14N2S2/c1-12-19-16(10-21-12)9-18-20-17(11-22-18)15-7-6-13-4-2-3-5-14(13)8-15/h2-8,10-11H,9H2,1H3. The van der Waals surface area contributed by atoms with Crippen molar-refractivity contribution in [3.05, 3.63) is 68.9 Å². The Kier molecular flexibility index (Phi) is 3.48. The van der Waals surface area contributed by atoms with Crippen LogP contribution in [0.4, 0.5) is 0 Å². The van der Waals surface area contributed by atoms with Crippen molar-refractivity contribution in [3.8, 4) is 11.3 Å². The lowest BCUT2D eigenvalue weighted by molar-refractivity contribution is 1.06. The second kappa shape index (κ2) is 5.63. The summed E-state index contributed by atoms with van der Waals surface area (Å²) in [5, 5.41) is 9.00. The summed E-state index contributed by atoms with van der Waals surface area (Å²) < 4.78 is 0. The van der Waals surface area contributed by atoms with Gasteiger partial charge < -0.3 is 0 Å². The molecule has 4 heteroatoms. The zero-order valence-corrected chi connectivity index (χ0v) is 13.7. The van der Waals surface area contributed by atoms with Gasteiger partial charge in [0.05, 0.1) is 21.4 Å². The van der Waals surface area contributed by atoms with Gasteiger partial charge in [0.1, 0.15) is 0 Å². The van der Waals surface area contributed by atoms with Gasteiger partial charge in [-0.25, -0.2) is 9.97 Å². The zero-order chi connectivity index (χ0) is 14.9. The molecule has 108 valence electrons. The van der Waals surface area contributed by atoms with Gasteiger partial charge in [-0.05, 0) is 23.8 Å². The molecule has 0 saturated heterocycles. The highest BCUT2D eigenvalue weighted by atomic mass is 32.1. The largest absolute Gasteiger partial charge is 0.246 e. The van der Waals surface area contributed by atoms with Crippen LogP contribution < -0.4 is 0 Å². The molecule has 4 aromatic rings. The van der Waals surface area contributed by atoms with E-state index in [2.05, 4.69) is 58.2 Å². The highest BCUT2D eigenvalue weighted by molar-refractivity contribution is 7.10. The number of benzene rings is 2. The molecule has 0 amide bonds. The Morgan fingerprint density at radius 3 is 2.59 bits per heavy atom. The van der Waals surface area contributed by atoms with E-state index in [4.69, 9.17) is 4.98 Å². The van der Waals surface area contributed by atoms with Crippen molar-refractivity contribution in [2.45, 2.75) is 13.3 Å². The second-order valence-electron chi connectivity index (χ2n) is 5.22. The first kappa shape index (κ1) is 13.6. The third kappa shape index (κ3) is 2.67. The van der Waals surface area contributed by atoms with Crippen molar-refractivity contribution in [2.24, 2.45) is 0 Å². The van der Waals surface area contributed by atoms with Crippen molar-refractivity contribution in [1.29, 1.82) is 0 Å². The van der Waals surface area contributed by atoms with Gasteiger partial charge in [0.2, 0.25) is 0 Å². The normalized spacial score (nSPS) is 11.1. The minimum absolute atomic E-state index is 0.822. The molecule has 2 heterocycles. The first-order valence-corrected chi connectivity index (χ1v) is 8.88. The molecule has 0 radical (unpaired) electrons. The van der Waals surface area contributed by atoms with Crippen molar-refractivity contribution in [1.82, 2.24) is 9.97 Å². The fraction of sp³-hybridized carbons (Fsp3) is 0.111. The molecule has 0 N–H and O–H groups in total. The first-order valence-electron chi connectivity index (χ1n) is 7.12. The van der Waals surface area contributed by atoms with Crippen molar-refractivity contribution < 1.29 is 0 Å². The van der Waals surface area contributed by atoms with E-state index < -0.39 is 0 Å². The summed E-state index contributed by atoms with van der Waals surface area (Å²) in [6.07, 6.45) is 0.822. The highest BCUT2D eigenvalue weighted by Gasteiger charge is 2.08. The smallest absolute Gasteiger partial charge is 0.0992 e. The van der Waals surface area contributed by atoms with Crippen molar-refractivity contribution in [3.63, 3.8) is 0 Å². The molecule has 0 fully saturated rings. The number of hydrogen-bond donors (Lipinski definition) is 0. The van der Waals surface area contributed by atoms with E-state index in [1.165, 1.54) is 16.3 Å². The van der Waals surface area contributed by atoms with E-state index in [0.29, 0.717) is 0 Å². The van der Waals surface area contributed by atoms with Crippen LogP contribution in [0.2, 0.25) is 0 Å². The fourth-order valence-corrected chi connectivity index (χ4v) is 3.95. The van der Waals surface area contributed by atoms with Crippen LogP contribution in [0.15, 0.2) is 53.2 Å². The Hall–Kier alpha value is -2.04. The minimum atomic E-state index is 0.822. The number of fused-ring (bicyclic) bond motifs is 1.